The smallest absolute Gasteiger partial charge is 0.164 e. The van der Waals surface area contributed by atoms with Gasteiger partial charge in [-0.15, -0.1) is 0 Å². The molecule has 0 aliphatic carbocycles. The Bertz CT molecular complexity index is 3840. The topological polar surface area (TPSA) is 69.9 Å². The number of nitrogens with zero attached hydrogens (tertiary/aromatic N) is 4. The monoisotopic (exact) mass is 780 g/mol. The van der Waals surface area contributed by atoms with Crippen LogP contribution in [0.2, 0.25) is 0 Å². The van der Waals surface area contributed by atoms with E-state index >= 15 is 0 Å². The molecule has 0 unspecified atom stereocenters. The van der Waals surface area contributed by atoms with Crippen molar-refractivity contribution in [2.45, 2.75) is 0 Å². The molecule has 284 valence electrons. The Morgan fingerprint density at radius 1 is 0.344 bits per heavy atom. The lowest BCUT2D eigenvalue weighted by atomic mass is 9.97. The second-order valence-corrected chi connectivity index (χ2v) is 15.5. The van der Waals surface area contributed by atoms with Crippen LogP contribution in [-0.2, 0) is 0 Å². The van der Waals surface area contributed by atoms with Gasteiger partial charge in [0.1, 0.15) is 16.7 Å². The summed E-state index contributed by atoms with van der Waals surface area (Å²) in [4.78, 5) is 15.4. The van der Waals surface area contributed by atoms with Gasteiger partial charge in [0.05, 0.1) is 16.7 Å². The molecule has 0 bridgehead atoms. The lowest BCUT2D eigenvalue weighted by Crippen LogP contribution is -2.00. The Balaban J connectivity index is 1.01. The number of benzene rings is 9. The Morgan fingerprint density at radius 3 is 1.75 bits per heavy atom. The van der Waals surface area contributed by atoms with Gasteiger partial charge in [0.2, 0.25) is 0 Å². The maximum atomic E-state index is 6.84. The third-order valence-corrected chi connectivity index (χ3v) is 12.0. The van der Waals surface area contributed by atoms with Gasteiger partial charge in [-0.1, -0.05) is 146 Å². The molecular formula is C55H32N4O2. The van der Waals surface area contributed by atoms with Crippen molar-refractivity contribution >= 4 is 76.5 Å². The normalized spacial score (nSPS) is 11.9. The van der Waals surface area contributed by atoms with Crippen molar-refractivity contribution in [2.24, 2.45) is 0 Å². The second-order valence-electron chi connectivity index (χ2n) is 15.5. The van der Waals surface area contributed by atoms with Crippen molar-refractivity contribution in [3.63, 3.8) is 0 Å². The number of rotatable bonds is 5. The molecule has 0 atom stereocenters. The minimum absolute atomic E-state index is 0.580. The average molecular weight is 781 g/mol. The van der Waals surface area contributed by atoms with E-state index in [-0.39, 0.29) is 0 Å². The van der Waals surface area contributed by atoms with Crippen LogP contribution in [-0.4, -0.2) is 19.5 Å². The van der Waals surface area contributed by atoms with Crippen LogP contribution in [0.4, 0.5) is 0 Å². The Labute approximate surface area is 348 Å². The number of furan rings is 2. The number of hydrogen-bond donors (Lipinski definition) is 0. The molecule has 0 radical (unpaired) electrons. The molecule has 4 heterocycles. The predicted molar refractivity (Wildman–Crippen MR) is 248 cm³/mol. The van der Waals surface area contributed by atoms with E-state index in [9.17, 15) is 0 Å². The van der Waals surface area contributed by atoms with Crippen LogP contribution in [0.15, 0.2) is 203 Å². The molecule has 13 aromatic rings. The van der Waals surface area contributed by atoms with Gasteiger partial charge >= 0.3 is 0 Å². The van der Waals surface area contributed by atoms with Crippen LogP contribution in [0.3, 0.4) is 0 Å². The van der Waals surface area contributed by atoms with Gasteiger partial charge < -0.3 is 13.4 Å². The zero-order chi connectivity index (χ0) is 40.0. The van der Waals surface area contributed by atoms with E-state index in [4.69, 9.17) is 23.8 Å². The lowest BCUT2D eigenvalue weighted by Gasteiger charge is -2.10. The maximum absolute atomic E-state index is 6.84. The highest BCUT2D eigenvalue weighted by atomic mass is 16.3. The summed E-state index contributed by atoms with van der Waals surface area (Å²) in [6.07, 6.45) is 0. The van der Waals surface area contributed by atoms with Gasteiger partial charge in [0.15, 0.2) is 23.1 Å². The second kappa shape index (κ2) is 13.1. The first kappa shape index (κ1) is 33.6. The summed E-state index contributed by atoms with van der Waals surface area (Å²) in [6, 6.07) is 67.3. The fraction of sp³-hybridized carbons (Fsp3) is 0. The maximum Gasteiger partial charge on any atom is 0.164 e. The number of fused-ring (bicyclic) bond motifs is 10. The zero-order valence-corrected chi connectivity index (χ0v) is 32.6. The van der Waals surface area contributed by atoms with Gasteiger partial charge in [-0.3, -0.25) is 0 Å². The molecule has 61 heavy (non-hydrogen) atoms. The molecule has 0 N–H and O–H groups in total. The Morgan fingerprint density at radius 2 is 0.951 bits per heavy atom. The van der Waals surface area contributed by atoms with Crippen LogP contribution >= 0.6 is 0 Å². The third-order valence-electron chi connectivity index (χ3n) is 12.0. The van der Waals surface area contributed by atoms with Crippen LogP contribution in [0, 0.1) is 0 Å². The summed E-state index contributed by atoms with van der Waals surface area (Å²) in [7, 11) is 0. The molecule has 6 heteroatoms. The summed E-state index contributed by atoms with van der Waals surface area (Å²) in [5.74, 6) is 1.80. The van der Waals surface area contributed by atoms with Crippen LogP contribution < -0.4 is 0 Å². The number of para-hydroxylation sites is 3. The predicted octanol–water partition coefficient (Wildman–Crippen LogP) is 14.6. The molecule has 13 rings (SSSR count). The van der Waals surface area contributed by atoms with Gasteiger partial charge in [-0.2, -0.15) is 0 Å². The van der Waals surface area contributed by atoms with E-state index in [2.05, 4.69) is 156 Å². The third kappa shape index (κ3) is 5.19. The number of hydrogen-bond acceptors (Lipinski definition) is 5. The molecule has 0 aliphatic heterocycles. The van der Waals surface area contributed by atoms with Crippen molar-refractivity contribution in [3.05, 3.63) is 194 Å². The van der Waals surface area contributed by atoms with Gasteiger partial charge in [-0.25, -0.2) is 15.0 Å². The van der Waals surface area contributed by atoms with Crippen LogP contribution in [0.1, 0.15) is 0 Å². The molecule has 0 aliphatic rings. The standard InChI is InChI=1S/C55H32N4O2/c1-2-14-34(15-3-1)53-56-54(37-28-27-33-13-4-5-16-35(33)31-37)58-55(57-53)42-21-12-25-48-51(42)43-32-36(29-30-47(43)60-48)38-19-11-26-49-50(38)41-20-10-24-46(52(41)61-49)59-44-22-8-6-17-39(44)40-18-7-9-23-45(40)59/h1-32H. The molecule has 4 aromatic heterocycles. The largest absolute Gasteiger partial charge is 0.456 e. The highest BCUT2D eigenvalue weighted by Crippen LogP contribution is 2.43. The lowest BCUT2D eigenvalue weighted by molar-refractivity contribution is 0.666. The summed E-state index contributed by atoms with van der Waals surface area (Å²) >= 11 is 0. The zero-order valence-electron chi connectivity index (χ0n) is 32.6. The first-order valence-electron chi connectivity index (χ1n) is 20.4. The Kier molecular flexibility index (Phi) is 7.21. The Hall–Kier alpha value is -8.35. The van der Waals surface area contributed by atoms with Gasteiger partial charge in [-0.05, 0) is 70.4 Å². The van der Waals surface area contributed by atoms with E-state index in [1.807, 2.05) is 42.5 Å². The highest BCUT2D eigenvalue weighted by molar-refractivity contribution is 6.18. The van der Waals surface area contributed by atoms with Crippen molar-refractivity contribution in [1.82, 2.24) is 19.5 Å². The molecule has 0 saturated heterocycles. The van der Waals surface area contributed by atoms with E-state index < -0.39 is 0 Å². The van der Waals surface area contributed by atoms with E-state index in [0.717, 1.165) is 99.2 Å². The molecule has 6 nitrogen and oxygen atoms in total. The fourth-order valence-corrected chi connectivity index (χ4v) is 9.28. The van der Waals surface area contributed by atoms with Crippen LogP contribution in [0.5, 0.6) is 0 Å². The summed E-state index contributed by atoms with van der Waals surface area (Å²) in [5, 5.41) is 8.77. The minimum Gasteiger partial charge on any atom is -0.456 e. The molecule has 9 aromatic carbocycles. The highest BCUT2D eigenvalue weighted by Gasteiger charge is 2.22. The molecule has 0 spiro atoms. The SMILES string of the molecule is c1ccc(-c2nc(-c3ccc4ccccc4c3)nc(-c3cccc4oc5ccc(-c6cccc7oc8c(-n9c%10ccccc%10c%10ccccc%109)cccc8c67)cc5c34)n2)cc1. The summed E-state index contributed by atoms with van der Waals surface area (Å²) in [5.41, 5.74) is 11.4. The van der Waals surface area contributed by atoms with E-state index in [1.165, 1.54) is 10.8 Å². The number of aromatic nitrogens is 4. The van der Waals surface area contributed by atoms with Crippen LogP contribution in [0.25, 0.3) is 127 Å². The van der Waals surface area contributed by atoms with Crippen molar-refractivity contribution in [2.75, 3.05) is 0 Å². The van der Waals surface area contributed by atoms with Crippen molar-refractivity contribution < 1.29 is 8.83 Å². The average Bonchev–Trinajstić information content (AvgIpc) is 4.01. The molecule has 0 fully saturated rings. The van der Waals surface area contributed by atoms with E-state index in [1.54, 1.807) is 0 Å². The first-order valence-corrected chi connectivity index (χ1v) is 20.4. The summed E-state index contributed by atoms with van der Waals surface area (Å²) in [6.45, 7) is 0. The van der Waals surface area contributed by atoms with Gasteiger partial charge in [0.25, 0.3) is 0 Å². The minimum atomic E-state index is 0.580. The summed E-state index contributed by atoms with van der Waals surface area (Å²) < 4.78 is 15.7. The molecule has 0 saturated carbocycles. The fourth-order valence-electron chi connectivity index (χ4n) is 9.28. The van der Waals surface area contributed by atoms with Gasteiger partial charge in [0, 0.05) is 49.0 Å². The van der Waals surface area contributed by atoms with Crippen molar-refractivity contribution in [1.29, 1.82) is 0 Å². The molecule has 0 amide bonds. The van der Waals surface area contributed by atoms with Crippen molar-refractivity contribution in [3.8, 4) is 51.0 Å². The van der Waals surface area contributed by atoms with E-state index in [0.29, 0.717) is 17.5 Å². The molecular weight excluding hydrogens is 749 g/mol. The first-order chi connectivity index (χ1) is 30.2. The quantitative estimate of drug-likeness (QED) is 0.174.